The van der Waals surface area contributed by atoms with Gasteiger partial charge in [-0.2, -0.15) is 0 Å². The van der Waals surface area contributed by atoms with Crippen LogP contribution in [-0.4, -0.2) is 63.5 Å². The molecule has 3 aromatic heterocycles. The van der Waals surface area contributed by atoms with Gasteiger partial charge in [-0.1, -0.05) is 34.5 Å². The number of alkyl halides is 1. The van der Waals surface area contributed by atoms with E-state index < -0.39 is 24.3 Å². The molecule has 10 nitrogen and oxygen atoms in total. The molecule has 4 heterocycles. The van der Waals surface area contributed by atoms with Crippen molar-refractivity contribution in [3.63, 3.8) is 0 Å². The van der Waals surface area contributed by atoms with Crippen molar-refractivity contribution in [1.82, 2.24) is 24.8 Å². The number of rotatable bonds is 6. The highest BCUT2D eigenvalue weighted by Crippen LogP contribution is 2.40. The van der Waals surface area contributed by atoms with Gasteiger partial charge in [0.05, 0.1) is 35.6 Å². The van der Waals surface area contributed by atoms with Gasteiger partial charge in [0, 0.05) is 25.5 Å². The molecule has 1 amide bonds. The first kappa shape index (κ1) is 25.3. The Labute approximate surface area is 214 Å². The Morgan fingerprint density at radius 2 is 2.14 bits per heavy atom. The minimum Gasteiger partial charge on any atom is -0.434 e. The normalized spacial score (nSPS) is 17.9. The zero-order valence-corrected chi connectivity index (χ0v) is 21.4. The van der Waals surface area contributed by atoms with Crippen LogP contribution < -0.4 is 15.0 Å². The van der Waals surface area contributed by atoms with Gasteiger partial charge in [0.1, 0.15) is 23.3 Å². The van der Waals surface area contributed by atoms with Crippen molar-refractivity contribution in [3.05, 3.63) is 34.0 Å². The second-order valence-corrected chi connectivity index (χ2v) is 9.62. The van der Waals surface area contributed by atoms with Crippen LogP contribution in [0.2, 0.25) is 10.0 Å². The molecule has 4 rings (SSSR count). The van der Waals surface area contributed by atoms with Crippen LogP contribution in [0.3, 0.4) is 0 Å². The number of anilines is 1. The number of aromatic nitrogens is 4. The molecular weight excluding hydrogens is 522 g/mol. The van der Waals surface area contributed by atoms with E-state index in [1.54, 1.807) is 42.9 Å². The average molecular weight is 545 g/mol. The second kappa shape index (κ2) is 10.4. The van der Waals surface area contributed by atoms with E-state index in [0.29, 0.717) is 35.2 Å². The Hall–Kier alpha value is -2.83. The van der Waals surface area contributed by atoms with Crippen LogP contribution in [0.25, 0.3) is 11.4 Å². The number of thiazole rings is 1. The Morgan fingerprint density at radius 1 is 1.37 bits per heavy atom. The van der Waals surface area contributed by atoms with Crippen molar-refractivity contribution >= 4 is 51.7 Å². The number of nitrogens with one attached hydrogen (secondary N) is 2. The minimum atomic E-state index is -1.38. The van der Waals surface area contributed by atoms with Gasteiger partial charge < -0.3 is 29.2 Å². The highest BCUT2D eigenvalue weighted by Gasteiger charge is 2.34. The van der Waals surface area contributed by atoms with Gasteiger partial charge in [-0.3, -0.25) is 4.79 Å². The molecule has 0 saturated carbocycles. The fourth-order valence-electron chi connectivity index (χ4n) is 3.63. The zero-order chi connectivity index (χ0) is 25.3. The van der Waals surface area contributed by atoms with Gasteiger partial charge >= 0.3 is 6.16 Å². The third kappa shape index (κ3) is 5.39. The molecule has 0 aromatic carbocycles. The lowest BCUT2D eigenvalue weighted by Crippen LogP contribution is -2.52. The molecule has 2 atom stereocenters. The molecule has 188 valence electrons. The summed E-state index contributed by atoms with van der Waals surface area (Å²) >= 11 is 13.2. The fraction of sp³-hybridized carbons (Fsp3) is 0.429. The standard InChI is InChI=1S/C21H23Cl2FN6O4S/c1-4-33-21(32)34-19-16(13-8-29(3)9-25-13)28-20(35-19)30-6-5-12(11(24)7-30)27-18(31)17-15(23)14(22)10(2)26-17/h8-9,11-12,26H,4-7H2,1-3H3,(H,27,31)/t11-,12+/m0/s1. The smallest absolute Gasteiger partial charge is 0.434 e. The van der Waals surface area contributed by atoms with Crippen molar-refractivity contribution in [2.45, 2.75) is 32.5 Å². The Bertz CT molecular complexity index is 1240. The second-order valence-electron chi connectivity index (χ2n) is 7.93. The number of carbonyl (C=O) groups excluding carboxylic acids is 2. The summed E-state index contributed by atoms with van der Waals surface area (Å²) in [5.41, 5.74) is 1.52. The number of imidazole rings is 1. The molecule has 0 spiro atoms. The molecule has 3 aromatic rings. The molecular formula is C21H23Cl2FN6O4S. The van der Waals surface area contributed by atoms with Crippen molar-refractivity contribution < 1.29 is 23.5 Å². The fourth-order valence-corrected chi connectivity index (χ4v) is 5.00. The zero-order valence-electron chi connectivity index (χ0n) is 19.1. The highest BCUT2D eigenvalue weighted by atomic mass is 35.5. The molecule has 0 bridgehead atoms. The monoisotopic (exact) mass is 544 g/mol. The molecule has 35 heavy (non-hydrogen) atoms. The number of nitrogens with zero attached hydrogens (tertiary/aromatic N) is 4. The molecule has 1 aliphatic heterocycles. The molecule has 1 fully saturated rings. The molecule has 0 aliphatic carbocycles. The van der Waals surface area contributed by atoms with Gasteiger partial charge in [0.15, 0.2) is 5.13 Å². The first-order chi connectivity index (χ1) is 16.7. The lowest BCUT2D eigenvalue weighted by atomic mass is 10.0. The number of amides is 1. The third-order valence-electron chi connectivity index (χ3n) is 5.38. The van der Waals surface area contributed by atoms with Gasteiger partial charge in [-0.15, -0.1) is 0 Å². The number of piperidine rings is 1. The summed E-state index contributed by atoms with van der Waals surface area (Å²) in [6.45, 7) is 3.91. The summed E-state index contributed by atoms with van der Waals surface area (Å²) in [4.78, 5) is 37.9. The van der Waals surface area contributed by atoms with Gasteiger partial charge in [0.25, 0.3) is 5.91 Å². The van der Waals surface area contributed by atoms with Crippen LogP contribution in [0.15, 0.2) is 12.5 Å². The molecule has 1 aliphatic rings. The highest BCUT2D eigenvalue weighted by molar-refractivity contribution is 7.18. The summed E-state index contributed by atoms with van der Waals surface area (Å²) in [5, 5.41) is 3.73. The number of hydrogen-bond donors (Lipinski definition) is 2. The van der Waals surface area contributed by atoms with E-state index in [1.165, 1.54) is 0 Å². The first-order valence-electron chi connectivity index (χ1n) is 10.7. The maximum absolute atomic E-state index is 15.1. The lowest BCUT2D eigenvalue weighted by Gasteiger charge is -2.34. The third-order valence-corrected chi connectivity index (χ3v) is 7.32. The van der Waals surface area contributed by atoms with Crippen LogP contribution in [0.1, 0.15) is 29.5 Å². The number of ether oxygens (including phenoxy) is 2. The number of aryl methyl sites for hydroxylation is 2. The van der Waals surface area contributed by atoms with Crippen molar-refractivity contribution in [2.24, 2.45) is 7.05 Å². The molecule has 14 heteroatoms. The van der Waals surface area contributed by atoms with E-state index in [1.807, 2.05) is 0 Å². The van der Waals surface area contributed by atoms with Crippen LogP contribution >= 0.6 is 34.5 Å². The van der Waals surface area contributed by atoms with E-state index in [0.717, 1.165) is 11.3 Å². The Balaban J connectivity index is 1.48. The average Bonchev–Trinajstić information content (AvgIpc) is 3.49. The quantitative estimate of drug-likeness (QED) is 0.442. The predicted molar refractivity (Wildman–Crippen MR) is 130 cm³/mol. The molecule has 0 radical (unpaired) electrons. The summed E-state index contributed by atoms with van der Waals surface area (Å²) < 4.78 is 27.1. The van der Waals surface area contributed by atoms with Crippen molar-refractivity contribution in [2.75, 3.05) is 24.6 Å². The maximum atomic E-state index is 15.1. The number of halogens is 3. The van der Waals surface area contributed by atoms with Crippen molar-refractivity contribution in [1.29, 1.82) is 0 Å². The van der Waals surface area contributed by atoms with Crippen LogP contribution in [0, 0.1) is 6.92 Å². The maximum Gasteiger partial charge on any atom is 0.514 e. The van der Waals surface area contributed by atoms with Gasteiger partial charge in [0.2, 0.25) is 5.06 Å². The van der Waals surface area contributed by atoms with Crippen LogP contribution in [0.4, 0.5) is 14.3 Å². The Kier molecular flexibility index (Phi) is 7.53. The number of aromatic amines is 1. The first-order valence-corrected chi connectivity index (χ1v) is 12.3. The minimum absolute atomic E-state index is 0.0167. The van der Waals surface area contributed by atoms with Crippen molar-refractivity contribution in [3.8, 4) is 16.5 Å². The number of H-pyrrole nitrogens is 1. The lowest BCUT2D eigenvalue weighted by molar-refractivity contribution is 0.0893. The summed E-state index contributed by atoms with van der Waals surface area (Å²) in [6, 6.07) is -0.720. The predicted octanol–water partition coefficient (Wildman–Crippen LogP) is 4.37. The largest absolute Gasteiger partial charge is 0.514 e. The number of hydrogen-bond acceptors (Lipinski definition) is 8. The summed E-state index contributed by atoms with van der Waals surface area (Å²) in [7, 11) is 1.80. The summed E-state index contributed by atoms with van der Waals surface area (Å²) in [5.74, 6) is -0.525. The Morgan fingerprint density at radius 3 is 2.74 bits per heavy atom. The van der Waals surface area contributed by atoms with E-state index in [4.69, 9.17) is 32.7 Å². The molecule has 2 N–H and O–H groups in total. The van der Waals surface area contributed by atoms with Crippen LogP contribution in [-0.2, 0) is 11.8 Å². The SMILES string of the molecule is CCOC(=O)Oc1sc(N2CC[C@@H](NC(=O)c3[nH]c(C)c(Cl)c3Cl)[C@@H](F)C2)nc1-c1cn(C)cn1. The summed E-state index contributed by atoms with van der Waals surface area (Å²) in [6.07, 6.45) is 1.41. The molecule has 1 saturated heterocycles. The topological polar surface area (TPSA) is 114 Å². The van der Waals surface area contributed by atoms with E-state index in [-0.39, 0.29) is 34.0 Å². The van der Waals surface area contributed by atoms with Crippen LogP contribution in [0.5, 0.6) is 5.06 Å². The molecule has 0 unspecified atom stereocenters. The van der Waals surface area contributed by atoms with E-state index in [9.17, 15) is 9.59 Å². The van der Waals surface area contributed by atoms with E-state index >= 15 is 4.39 Å². The van der Waals surface area contributed by atoms with Gasteiger partial charge in [-0.05, 0) is 20.3 Å². The van der Waals surface area contributed by atoms with Gasteiger partial charge in [-0.25, -0.2) is 19.2 Å². The number of carbonyl (C=O) groups is 2. The van der Waals surface area contributed by atoms with E-state index in [2.05, 4.69) is 20.3 Å².